The van der Waals surface area contributed by atoms with Crippen LogP contribution < -0.4 is 10.6 Å². The highest BCUT2D eigenvalue weighted by Crippen LogP contribution is 2.28. The van der Waals surface area contributed by atoms with Crippen LogP contribution in [0, 0.1) is 6.92 Å². The van der Waals surface area contributed by atoms with Gasteiger partial charge < -0.3 is 10.6 Å². The third kappa shape index (κ3) is 5.81. The monoisotopic (exact) mass is 421 g/mol. The van der Waals surface area contributed by atoms with Gasteiger partial charge in [0.1, 0.15) is 0 Å². The summed E-state index contributed by atoms with van der Waals surface area (Å²) in [4.78, 5) is 8.57. The molecule has 28 heavy (non-hydrogen) atoms. The summed E-state index contributed by atoms with van der Waals surface area (Å²) >= 11 is 0. The molecule has 158 valence electrons. The van der Waals surface area contributed by atoms with Crippen LogP contribution in [0.3, 0.4) is 0 Å². The number of halogens is 3. The molecule has 0 radical (unpaired) electrons. The average molecular weight is 421 g/mol. The number of hydrogen-bond acceptors (Lipinski definition) is 4. The zero-order valence-corrected chi connectivity index (χ0v) is 16.8. The van der Waals surface area contributed by atoms with E-state index in [2.05, 4.69) is 20.6 Å². The summed E-state index contributed by atoms with van der Waals surface area (Å²) in [5, 5.41) is 6.30. The number of alkyl halides is 3. The Kier molecular flexibility index (Phi) is 7.64. The van der Waals surface area contributed by atoms with E-state index in [4.69, 9.17) is 0 Å². The van der Waals surface area contributed by atoms with Gasteiger partial charge in [-0.05, 0) is 50.3 Å². The molecule has 0 aromatic carbocycles. The Morgan fingerprint density at radius 1 is 1.36 bits per heavy atom. The van der Waals surface area contributed by atoms with E-state index in [0.29, 0.717) is 23.4 Å². The molecule has 0 amide bonds. The smallest absolute Gasteiger partial charge is 0.357 e. The maximum Gasteiger partial charge on any atom is 0.511 e. The molecule has 0 bridgehead atoms. The molecular formula is C17H26F3N5O2S. The summed E-state index contributed by atoms with van der Waals surface area (Å²) < 4.78 is 61.4. The second-order valence-corrected chi connectivity index (χ2v) is 8.51. The molecule has 2 heterocycles. The fourth-order valence-electron chi connectivity index (χ4n) is 2.97. The van der Waals surface area contributed by atoms with Gasteiger partial charge in [0.25, 0.3) is 0 Å². The number of pyridine rings is 1. The molecule has 1 fully saturated rings. The number of nitrogens with one attached hydrogen (secondary N) is 2. The van der Waals surface area contributed by atoms with Crippen LogP contribution in [-0.4, -0.2) is 61.4 Å². The molecule has 7 nitrogen and oxygen atoms in total. The van der Waals surface area contributed by atoms with Gasteiger partial charge in [-0.15, -0.1) is 0 Å². The van der Waals surface area contributed by atoms with E-state index in [1.165, 1.54) is 0 Å². The zero-order chi connectivity index (χ0) is 20.8. The first-order valence-electron chi connectivity index (χ1n) is 9.16. The Hall–Kier alpha value is -1.88. The van der Waals surface area contributed by atoms with Crippen molar-refractivity contribution in [2.24, 2.45) is 4.99 Å². The number of sulfonamides is 1. The number of guanidine groups is 1. The molecule has 0 saturated carbocycles. The summed E-state index contributed by atoms with van der Waals surface area (Å²) in [6.45, 7) is 4.74. The Labute approximate surface area is 163 Å². The first kappa shape index (κ1) is 22.4. The molecule has 11 heteroatoms. The number of aliphatic imine (C=N–C) groups is 1. The minimum atomic E-state index is -5.26. The van der Waals surface area contributed by atoms with Gasteiger partial charge in [0, 0.05) is 44.6 Å². The Bertz CT molecular complexity index is 775. The van der Waals surface area contributed by atoms with Crippen molar-refractivity contribution < 1.29 is 21.6 Å². The van der Waals surface area contributed by atoms with E-state index in [1.54, 1.807) is 12.4 Å². The van der Waals surface area contributed by atoms with Crippen LogP contribution in [0.1, 0.15) is 30.9 Å². The van der Waals surface area contributed by atoms with Crippen molar-refractivity contribution in [3.63, 3.8) is 0 Å². The highest BCUT2D eigenvalue weighted by atomic mass is 32.2. The molecule has 0 spiro atoms. The maximum atomic E-state index is 12.7. The molecule has 2 rings (SSSR count). The lowest BCUT2D eigenvalue weighted by molar-refractivity contribution is -0.0494. The minimum Gasteiger partial charge on any atom is -0.357 e. The summed E-state index contributed by atoms with van der Waals surface area (Å²) in [7, 11) is -5.26. The first-order chi connectivity index (χ1) is 13.1. The molecule has 2 N–H and O–H groups in total. The molecule has 0 atom stereocenters. The number of aryl methyl sites for hydroxylation is 1. The van der Waals surface area contributed by atoms with Crippen LogP contribution in [0.4, 0.5) is 13.2 Å². The lowest BCUT2D eigenvalue weighted by Crippen LogP contribution is -2.51. The minimum absolute atomic E-state index is 0.139. The third-order valence-electron chi connectivity index (χ3n) is 4.56. The van der Waals surface area contributed by atoms with Gasteiger partial charge >= 0.3 is 15.5 Å². The molecular weight excluding hydrogens is 395 g/mol. The van der Waals surface area contributed by atoms with Crippen LogP contribution >= 0.6 is 0 Å². The van der Waals surface area contributed by atoms with Gasteiger partial charge in [0.15, 0.2) is 5.96 Å². The molecule has 1 aromatic rings. The van der Waals surface area contributed by atoms with Crippen LogP contribution in [0.15, 0.2) is 23.5 Å². The SMILES string of the molecule is CCNC(=NCCc1ccncc1C)NC1CCN(S(=O)(=O)C(F)(F)F)CC1. The summed E-state index contributed by atoms with van der Waals surface area (Å²) in [6, 6.07) is 1.81. The van der Waals surface area contributed by atoms with E-state index in [0.717, 1.165) is 17.5 Å². The highest BCUT2D eigenvalue weighted by Gasteiger charge is 2.50. The van der Waals surface area contributed by atoms with E-state index in [9.17, 15) is 21.6 Å². The average Bonchev–Trinajstić information content (AvgIpc) is 2.63. The van der Waals surface area contributed by atoms with Gasteiger partial charge in [-0.2, -0.15) is 17.5 Å². The molecule has 0 unspecified atom stereocenters. The zero-order valence-electron chi connectivity index (χ0n) is 16.0. The number of nitrogens with zero attached hydrogens (tertiary/aromatic N) is 3. The normalized spacial score (nSPS) is 17.5. The van der Waals surface area contributed by atoms with E-state index >= 15 is 0 Å². The Morgan fingerprint density at radius 3 is 2.61 bits per heavy atom. The van der Waals surface area contributed by atoms with Gasteiger partial charge in [0.05, 0.1) is 0 Å². The second kappa shape index (κ2) is 9.55. The first-order valence-corrected chi connectivity index (χ1v) is 10.6. The van der Waals surface area contributed by atoms with Crippen LogP contribution in [0.25, 0.3) is 0 Å². The fourth-order valence-corrected chi connectivity index (χ4v) is 3.96. The topological polar surface area (TPSA) is 86.7 Å². The van der Waals surface area contributed by atoms with Crippen molar-refractivity contribution in [1.29, 1.82) is 0 Å². The predicted octanol–water partition coefficient (Wildman–Crippen LogP) is 1.80. The van der Waals surface area contributed by atoms with Gasteiger partial charge in [-0.25, -0.2) is 8.42 Å². The van der Waals surface area contributed by atoms with Gasteiger partial charge in [-0.3, -0.25) is 9.98 Å². The van der Waals surface area contributed by atoms with E-state index in [-0.39, 0.29) is 32.0 Å². The van der Waals surface area contributed by atoms with Crippen molar-refractivity contribution >= 4 is 16.0 Å². The van der Waals surface area contributed by atoms with Crippen molar-refractivity contribution in [3.05, 3.63) is 29.6 Å². The van der Waals surface area contributed by atoms with Crippen molar-refractivity contribution in [2.75, 3.05) is 26.2 Å². The number of hydrogen-bond donors (Lipinski definition) is 2. The highest BCUT2D eigenvalue weighted by molar-refractivity contribution is 7.90. The Balaban J connectivity index is 1.90. The second-order valence-electron chi connectivity index (χ2n) is 6.58. The predicted molar refractivity (Wildman–Crippen MR) is 101 cm³/mol. The van der Waals surface area contributed by atoms with Gasteiger partial charge in [0.2, 0.25) is 0 Å². The molecule has 1 saturated heterocycles. The van der Waals surface area contributed by atoms with Crippen molar-refractivity contribution in [2.45, 2.75) is 44.7 Å². The van der Waals surface area contributed by atoms with Crippen LogP contribution in [-0.2, 0) is 16.4 Å². The van der Waals surface area contributed by atoms with Crippen LogP contribution in [0.2, 0.25) is 0 Å². The summed E-state index contributed by atoms with van der Waals surface area (Å²) in [5.74, 6) is 0.575. The molecule has 1 aliphatic rings. The molecule has 1 aliphatic heterocycles. The quantitative estimate of drug-likeness (QED) is 0.540. The summed E-state index contributed by atoms with van der Waals surface area (Å²) in [6.07, 6.45) is 4.84. The molecule has 1 aromatic heterocycles. The van der Waals surface area contributed by atoms with Crippen molar-refractivity contribution in [3.8, 4) is 0 Å². The molecule has 0 aliphatic carbocycles. The lowest BCUT2D eigenvalue weighted by atomic mass is 10.1. The fraction of sp³-hybridized carbons (Fsp3) is 0.647. The number of piperidine rings is 1. The van der Waals surface area contributed by atoms with Gasteiger partial charge in [-0.1, -0.05) is 0 Å². The Morgan fingerprint density at radius 2 is 2.04 bits per heavy atom. The van der Waals surface area contributed by atoms with E-state index in [1.807, 2.05) is 19.9 Å². The largest absolute Gasteiger partial charge is 0.511 e. The van der Waals surface area contributed by atoms with Crippen molar-refractivity contribution in [1.82, 2.24) is 19.9 Å². The van der Waals surface area contributed by atoms with Crippen LogP contribution in [0.5, 0.6) is 0 Å². The maximum absolute atomic E-state index is 12.7. The lowest BCUT2D eigenvalue weighted by Gasteiger charge is -2.32. The summed E-state index contributed by atoms with van der Waals surface area (Å²) in [5.41, 5.74) is -3.01. The standard InChI is InChI=1S/C17H26F3N5O2S/c1-3-22-16(23-9-5-14-4-8-21-12-13(14)2)24-15-6-10-25(11-7-15)28(26,27)17(18,19)20/h4,8,12,15H,3,5-7,9-11H2,1-2H3,(H2,22,23,24). The third-order valence-corrected chi connectivity index (χ3v) is 6.19. The van der Waals surface area contributed by atoms with E-state index < -0.39 is 15.5 Å². The number of aromatic nitrogens is 1. The number of rotatable bonds is 6.